The van der Waals surface area contributed by atoms with E-state index in [1.54, 1.807) is 20.8 Å². The number of aromatic carboxylic acids is 1. The van der Waals surface area contributed by atoms with Gasteiger partial charge in [0.05, 0.1) is 0 Å². The van der Waals surface area contributed by atoms with Crippen LogP contribution >= 0.6 is 0 Å². The van der Waals surface area contributed by atoms with Crippen LogP contribution in [0.4, 0.5) is 4.39 Å². The van der Waals surface area contributed by atoms with Gasteiger partial charge in [-0.25, -0.2) is 9.18 Å². The molecule has 82 valence electrons. The SMILES string of the molecule is CC(C)(C)c1cc(O)c(C(=O)O)cc1F. The molecule has 0 spiro atoms. The lowest BCUT2D eigenvalue weighted by molar-refractivity contribution is 0.0693. The molecule has 1 aromatic rings. The third-order valence-corrected chi connectivity index (χ3v) is 2.12. The van der Waals surface area contributed by atoms with Crippen molar-refractivity contribution in [3.63, 3.8) is 0 Å². The van der Waals surface area contributed by atoms with Crippen molar-refractivity contribution in [2.75, 3.05) is 0 Å². The van der Waals surface area contributed by atoms with Crippen molar-refractivity contribution >= 4 is 5.97 Å². The van der Waals surface area contributed by atoms with Gasteiger partial charge in [-0.05, 0) is 23.1 Å². The normalized spacial score (nSPS) is 11.5. The Labute approximate surface area is 87.2 Å². The molecule has 0 saturated heterocycles. The van der Waals surface area contributed by atoms with Crippen LogP contribution in [0.1, 0.15) is 36.7 Å². The van der Waals surface area contributed by atoms with Crippen molar-refractivity contribution in [3.8, 4) is 5.75 Å². The van der Waals surface area contributed by atoms with Crippen molar-refractivity contribution < 1.29 is 19.4 Å². The Morgan fingerprint density at radius 3 is 2.27 bits per heavy atom. The van der Waals surface area contributed by atoms with Gasteiger partial charge in [0.1, 0.15) is 17.1 Å². The van der Waals surface area contributed by atoms with Gasteiger partial charge in [-0.1, -0.05) is 20.8 Å². The maximum atomic E-state index is 13.5. The van der Waals surface area contributed by atoms with Crippen LogP contribution in [-0.4, -0.2) is 16.2 Å². The molecule has 0 atom stereocenters. The highest BCUT2D eigenvalue weighted by atomic mass is 19.1. The lowest BCUT2D eigenvalue weighted by atomic mass is 9.86. The first-order chi connectivity index (χ1) is 6.73. The van der Waals surface area contributed by atoms with Crippen LogP contribution in [0, 0.1) is 5.82 Å². The van der Waals surface area contributed by atoms with E-state index >= 15 is 0 Å². The predicted molar refractivity (Wildman–Crippen MR) is 53.7 cm³/mol. The third-order valence-electron chi connectivity index (χ3n) is 2.12. The number of halogens is 1. The van der Waals surface area contributed by atoms with Crippen LogP contribution < -0.4 is 0 Å². The maximum Gasteiger partial charge on any atom is 0.339 e. The molecular formula is C11H13FO3. The molecule has 0 radical (unpaired) electrons. The molecule has 2 N–H and O–H groups in total. The second-order valence-corrected chi connectivity index (χ2v) is 4.40. The molecule has 0 amide bonds. The summed E-state index contributed by atoms with van der Waals surface area (Å²) in [4.78, 5) is 10.6. The third kappa shape index (κ3) is 2.26. The molecule has 15 heavy (non-hydrogen) atoms. The minimum atomic E-state index is -1.34. The lowest BCUT2D eigenvalue weighted by Crippen LogP contribution is -2.14. The van der Waals surface area contributed by atoms with E-state index in [9.17, 15) is 14.3 Å². The fourth-order valence-corrected chi connectivity index (χ4v) is 1.31. The molecule has 0 aliphatic carbocycles. The summed E-state index contributed by atoms with van der Waals surface area (Å²) < 4.78 is 13.5. The Morgan fingerprint density at radius 2 is 1.87 bits per heavy atom. The van der Waals surface area contributed by atoms with Gasteiger partial charge in [0.15, 0.2) is 0 Å². The van der Waals surface area contributed by atoms with Gasteiger partial charge in [0, 0.05) is 0 Å². The number of carboxylic acid groups (broad SMARTS) is 1. The smallest absolute Gasteiger partial charge is 0.339 e. The van der Waals surface area contributed by atoms with E-state index in [4.69, 9.17) is 5.11 Å². The zero-order valence-corrected chi connectivity index (χ0v) is 8.84. The summed E-state index contributed by atoms with van der Waals surface area (Å²) in [6, 6.07) is 2.01. The van der Waals surface area contributed by atoms with E-state index in [1.807, 2.05) is 0 Å². The fourth-order valence-electron chi connectivity index (χ4n) is 1.31. The second-order valence-electron chi connectivity index (χ2n) is 4.40. The van der Waals surface area contributed by atoms with Crippen LogP contribution in [0.5, 0.6) is 5.75 Å². The number of hydrogen-bond acceptors (Lipinski definition) is 2. The molecular weight excluding hydrogens is 199 g/mol. The minimum Gasteiger partial charge on any atom is -0.507 e. The molecule has 0 heterocycles. The van der Waals surface area contributed by atoms with E-state index in [0.29, 0.717) is 5.56 Å². The minimum absolute atomic E-state index is 0.296. The number of hydrogen-bond donors (Lipinski definition) is 2. The number of carboxylic acids is 1. The highest BCUT2D eigenvalue weighted by Crippen LogP contribution is 2.30. The van der Waals surface area contributed by atoms with Crippen LogP contribution in [0.3, 0.4) is 0 Å². The Hall–Kier alpha value is -1.58. The summed E-state index contributed by atoms with van der Waals surface area (Å²) in [6.45, 7) is 5.35. The molecule has 0 fully saturated rings. The molecule has 0 aromatic heterocycles. The highest BCUT2D eigenvalue weighted by Gasteiger charge is 2.22. The van der Waals surface area contributed by atoms with E-state index in [2.05, 4.69) is 0 Å². The number of phenols is 1. The molecule has 0 unspecified atom stereocenters. The van der Waals surface area contributed by atoms with Gasteiger partial charge in [-0.3, -0.25) is 0 Å². The Bertz CT molecular complexity index is 405. The summed E-state index contributed by atoms with van der Waals surface area (Å²) in [5.74, 6) is -2.36. The van der Waals surface area contributed by atoms with Crippen LogP contribution in [0.25, 0.3) is 0 Å². The van der Waals surface area contributed by atoms with Crippen LogP contribution in [0.15, 0.2) is 12.1 Å². The summed E-state index contributed by atoms with van der Waals surface area (Å²) in [5, 5.41) is 18.1. The van der Waals surface area contributed by atoms with Gasteiger partial charge in [0.25, 0.3) is 0 Å². The zero-order chi connectivity index (χ0) is 11.8. The number of benzene rings is 1. The van der Waals surface area contributed by atoms with E-state index in [0.717, 1.165) is 6.07 Å². The zero-order valence-electron chi connectivity index (χ0n) is 8.84. The van der Waals surface area contributed by atoms with Crippen molar-refractivity contribution in [1.29, 1.82) is 0 Å². The second kappa shape index (κ2) is 3.53. The number of carbonyl (C=O) groups is 1. The van der Waals surface area contributed by atoms with Crippen molar-refractivity contribution in [2.24, 2.45) is 0 Å². The lowest BCUT2D eigenvalue weighted by Gasteiger charge is -2.20. The number of aromatic hydroxyl groups is 1. The van der Waals surface area contributed by atoms with Crippen molar-refractivity contribution in [3.05, 3.63) is 29.1 Å². The predicted octanol–water partition coefficient (Wildman–Crippen LogP) is 2.53. The Kier molecular flexibility index (Phi) is 2.71. The van der Waals surface area contributed by atoms with E-state index in [-0.39, 0.29) is 0 Å². The molecule has 0 saturated carbocycles. The molecule has 0 bridgehead atoms. The van der Waals surface area contributed by atoms with Gasteiger partial charge in [0.2, 0.25) is 0 Å². The summed E-state index contributed by atoms with van der Waals surface area (Å²) in [7, 11) is 0. The largest absolute Gasteiger partial charge is 0.507 e. The molecule has 1 aromatic carbocycles. The summed E-state index contributed by atoms with van der Waals surface area (Å²) >= 11 is 0. The molecule has 4 heteroatoms. The Morgan fingerprint density at radius 1 is 1.33 bits per heavy atom. The van der Waals surface area contributed by atoms with Gasteiger partial charge < -0.3 is 10.2 Å². The molecule has 0 aliphatic heterocycles. The average Bonchev–Trinajstić information content (AvgIpc) is 2.06. The Balaban J connectivity index is 3.39. The number of rotatable bonds is 1. The molecule has 1 rings (SSSR count). The average molecular weight is 212 g/mol. The summed E-state index contributed by atoms with van der Waals surface area (Å²) in [6.07, 6.45) is 0. The van der Waals surface area contributed by atoms with Crippen molar-refractivity contribution in [2.45, 2.75) is 26.2 Å². The van der Waals surface area contributed by atoms with E-state index < -0.39 is 28.5 Å². The molecule has 0 aliphatic rings. The molecule has 3 nitrogen and oxygen atoms in total. The van der Waals surface area contributed by atoms with Gasteiger partial charge >= 0.3 is 5.97 Å². The maximum absolute atomic E-state index is 13.5. The summed E-state index contributed by atoms with van der Waals surface area (Å²) in [5.41, 5.74) is -0.594. The monoisotopic (exact) mass is 212 g/mol. The van der Waals surface area contributed by atoms with Gasteiger partial charge in [-0.15, -0.1) is 0 Å². The standard InChI is InChI=1S/C11H13FO3/c1-11(2,3)7-5-9(13)6(10(14)15)4-8(7)12/h4-5,13H,1-3H3,(H,14,15). The van der Waals surface area contributed by atoms with Crippen LogP contribution in [0.2, 0.25) is 0 Å². The first-order valence-corrected chi connectivity index (χ1v) is 4.50. The highest BCUT2D eigenvalue weighted by molar-refractivity contribution is 5.90. The quantitative estimate of drug-likeness (QED) is 0.752. The van der Waals surface area contributed by atoms with Crippen molar-refractivity contribution in [1.82, 2.24) is 0 Å². The fraction of sp³-hybridized carbons (Fsp3) is 0.364. The topological polar surface area (TPSA) is 57.5 Å². The van der Waals surface area contributed by atoms with Crippen LogP contribution in [-0.2, 0) is 5.41 Å². The van der Waals surface area contributed by atoms with E-state index in [1.165, 1.54) is 6.07 Å². The first-order valence-electron chi connectivity index (χ1n) is 4.50. The van der Waals surface area contributed by atoms with Gasteiger partial charge in [-0.2, -0.15) is 0 Å². The first kappa shape index (κ1) is 11.5.